The van der Waals surface area contributed by atoms with Gasteiger partial charge < -0.3 is 20.5 Å². The van der Waals surface area contributed by atoms with Crippen molar-refractivity contribution in [2.24, 2.45) is 0 Å². The molecule has 3 N–H and O–H groups in total. The van der Waals surface area contributed by atoms with E-state index in [1.807, 2.05) is 0 Å². The number of aliphatic hydroxyl groups is 1. The van der Waals surface area contributed by atoms with Gasteiger partial charge in [0.15, 0.2) is 0 Å². The molecule has 1 aromatic rings. The van der Waals surface area contributed by atoms with Gasteiger partial charge in [-0.1, -0.05) is 0 Å². The second-order valence-electron chi connectivity index (χ2n) is 3.60. The lowest BCUT2D eigenvalue weighted by molar-refractivity contribution is -0.136. The Morgan fingerprint density at radius 3 is 2.67 bits per heavy atom. The summed E-state index contributed by atoms with van der Waals surface area (Å²) in [5, 5.41) is 13.6. The number of anilines is 1. The molecule has 1 rings (SSSR count). The average Bonchev–Trinajstić information content (AvgIpc) is 2.36. The number of amides is 2. The fraction of sp³-hybridized carbons (Fsp3) is 0.364. The highest BCUT2D eigenvalue weighted by Gasteiger charge is 2.13. The topological polar surface area (TPSA) is 101 Å². The Kier molecular flexibility index (Phi) is 5.06. The first-order valence-electron chi connectivity index (χ1n) is 5.30. The summed E-state index contributed by atoms with van der Waals surface area (Å²) in [5.74, 6) is -1.22. The van der Waals surface area contributed by atoms with Gasteiger partial charge in [-0.2, -0.15) is 0 Å². The first kappa shape index (κ1) is 13.9. The molecule has 0 aliphatic carbocycles. The van der Waals surface area contributed by atoms with Crippen molar-refractivity contribution in [1.29, 1.82) is 0 Å². The van der Waals surface area contributed by atoms with Crippen LogP contribution in [-0.4, -0.2) is 41.7 Å². The summed E-state index contributed by atoms with van der Waals surface area (Å²) in [6.07, 6.45) is 0.669. The molecule has 7 nitrogen and oxygen atoms in total. The maximum absolute atomic E-state index is 11.4. The summed E-state index contributed by atoms with van der Waals surface area (Å²) in [5.41, 5.74) is 0.382. The number of aliphatic hydroxyl groups excluding tert-OH is 1. The Labute approximate surface area is 104 Å². The lowest BCUT2D eigenvalue weighted by atomic mass is 10.3. The largest absolute Gasteiger partial charge is 0.481 e. The smallest absolute Gasteiger partial charge is 0.313 e. The molecule has 18 heavy (non-hydrogen) atoms. The number of rotatable bonds is 4. The van der Waals surface area contributed by atoms with E-state index in [1.165, 1.54) is 20.2 Å². The van der Waals surface area contributed by atoms with Crippen LogP contribution in [0.1, 0.15) is 6.92 Å². The molecule has 0 spiro atoms. The van der Waals surface area contributed by atoms with Crippen LogP contribution >= 0.6 is 0 Å². The van der Waals surface area contributed by atoms with Gasteiger partial charge in [-0.3, -0.25) is 9.59 Å². The molecule has 0 unspecified atom stereocenters. The first-order chi connectivity index (χ1) is 8.52. The maximum Gasteiger partial charge on any atom is 0.313 e. The molecule has 1 atom stereocenters. The number of nitrogens with zero attached hydrogens (tertiary/aromatic N) is 1. The highest BCUT2D eigenvalue weighted by Crippen LogP contribution is 2.10. The highest BCUT2D eigenvalue weighted by molar-refractivity contribution is 6.39. The molecule has 98 valence electrons. The van der Waals surface area contributed by atoms with Crippen molar-refractivity contribution in [3.63, 3.8) is 0 Å². The highest BCUT2D eigenvalue weighted by atomic mass is 16.5. The van der Waals surface area contributed by atoms with E-state index in [2.05, 4.69) is 15.6 Å². The molecule has 0 fully saturated rings. The predicted octanol–water partition coefficient (Wildman–Crippen LogP) is -0.474. The monoisotopic (exact) mass is 253 g/mol. The zero-order valence-electron chi connectivity index (χ0n) is 10.1. The minimum Gasteiger partial charge on any atom is -0.481 e. The molecule has 1 aromatic heterocycles. The van der Waals surface area contributed by atoms with E-state index >= 15 is 0 Å². The van der Waals surface area contributed by atoms with E-state index in [-0.39, 0.29) is 6.54 Å². The van der Waals surface area contributed by atoms with Crippen LogP contribution in [0, 0.1) is 0 Å². The van der Waals surface area contributed by atoms with Gasteiger partial charge in [-0.05, 0) is 13.0 Å². The molecule has 7 heteroatoms. The van der Waals surface area contributed by atoms with Crippen LogP contribution in [0.2, 0.25) is 0 Å². The molecule has 0 aliphatic rings. The van der Waals surface area contributed by atoms with Gasteiger partial charge >= 0.3 is 11.8 Å². The number of methoxy groups -OCH3 is 1. The molecule has 0 bridgehead atoms. The lowest BCUT2D eigenvalue weighted by Crippen LogP contribution is -2.38. The molecule has 0 saturated heterocycles. The molecule has 0 radical (unpaired) electrons. The van der Waals surface area contributed by atoms with E-state index in [0.29, 0.717) is 11.6 Å². The number of carbonyl (C=O) groups excluding carboxylic acids is 2. The van der Waals surface area contributed by atoms with Crippen LogP contribution in [-0.2, 0) is 9.59 Å². The van der Waals surface area contributed by atoms with Crippen LogP contribution in [0.5, 0.6) is 5.88 Å². The van der Waals surface area contributed by atoms with Gasteiger partial charge in [-0.25, -0.2) is 4.98 Å². The van der Waals surface area contributed by atoms with Crippen molar-refractivity contribution in [1.82, 2.24) is 10.3 Å². The third-order valence-electron chi connectivity index (χ3n) is 1.97. The van der Waals surface area contributed by atoms with Crippen LogP contribution in [0.4, 0.5) is 5.69 Å². The molecule has 0 saturated carbocycles. The standard InChI is InChI=1S/C11H15N3O4/c1-7(15)5-13-10(16)11(17)14-8-3-4-9(18-2)12-6-8/h3-4,6-7,15H,5H2,1-2H3,(H,13,16)(H,14,17)/t7-/m1/s1. The van der Waals surface area contributed by atoms with Gasteiger partial charge in [0.05, 0.1) is 25.1 Å². The Hall–Kier alpha value is -2.15. The lowest BCUT2D eigenvalue weighted by Gasteiger charge is -2.07. The predicted molar refractivity (Wildman–Crippen MR) is 64.1 cm³/mol. The molecule has 0 aromatic carbocycles. The van der Waals surface area contributed by atoms with Crippen LogP contribution in [0.25, 0.3) is 0 Å². The summed E-state index contributed by atoms with van der Waals surface area (Å²) in [6, 6.07) is 3.12. The molecular formula is C11H15N3O4. The van der Waals surface area contributed by atoms with E-state index in [0.717, 1.165) is 0 Å². The second kappa shape index (κ2) is 6.55. The number of carbonyl (C=O) groups is 2. The van der Waals surface area contributed by atoms with Crippen molar-refractivity contribution in [2.75, 3.05) is 19.0 Å². The van der Waals surface area contributed by atoms with E-state index in [1.54, 1.807) is 12.1 Å². The van der Waals surface area contributed by atoms with E-state index in [9.17, 15) is 9.59 Å². The van der Waals surface area contributed by atoms with Crippen molar-refractivity contribution in [3.05, 3.63) is 18.3 Å². The van der Waals surface area contributed by atoms with Gasteiger partial charge in [0, 0.05) is 12.6 Å². The van der Waals surface area contributed by atoms with Crippen molar-refractivity contribution < 1.29 is 19.4 Å². The molecule has 2 amide bonds. The van der Waals surface area contributed by atoms with Gasteiger partial charge in [0.1, 0.15) is 0 Å². The number of hydrogen-bond donors (Lipinski definition) is 3. The normalized spacial score (nSPS) is 11.5. The molecule has 0 aliphatic heterocycles. The second-order valence-corrected chi connectivity index (χ2v) is 3.60. The number of ether oxygens (including phenoxy) is 1. The van der Waals surface area contributed by atoms with Crippen molar-refractivity contribution in [3.8, 4) is 5.88 Å². The fourth-order valence-corrected chi connectivity index (χ4v) is 1.08. The number of pyridine rings is 1. The van der Waals surface area contributed by atoms with Crippen molar-refractivity contribution >= 4 is 17.5 Å². The fourth-order valence-electron chi connectivity index (χ4n) is 1.08. The Morgan fingerprint density at radius 2 is 2.17 bits per heavy atom. The minimum atomic E-state index is -0.817. The summed E-state index contributed by atoms with van der Waals surface area (Å²) in [4.78, 5) is 26.6. The first-order valence-corrected chi connectivity index (χ1v) is 5.30. The van der Waals surface area contributed by atoms with Crippen LogP contribution in [0.15, 0.2) is 18.3 Å². The zero-order chi connectivity index (χ0) is 13.5. The average molecular weight is 253 g/mol. The van der Waals surface area contributed by atoms with E-state index < -0.39 is 17.9 Å². The summed E-state index contributed by atoms with van der Waals surface area (Å²) in [7, 11) is 1.48. The van der Waals surface area contributed by atoms with Crippen LogP contribution in [0.3, 0.4) is 0 Å². The maximum atomic E-state index is 11.4. The van der Waals surface area contributed by atoms with Gasteiger partial charge in [-0.15, -0.1) is 0 Å². The van der Waals surface area contributed by atoms with Gasteiger partial charge in [0.2, 0.25) is 5.88 Å². The van der Waals surface area contributed by atoms with Crippen molar-refractivity contribution in [2.45, 2.75) is 13.0 Å². The number of aromatic nitrogens is 1. The Morgan fingerprint density at radius 1 is 1.44 bits per heavy atom. The van der Waals surface area contributed by atoms with Gasteiger partial charge in [0.25, 0.3) is 0 Å². The molecular weight excluding hydrogens is 238 g/mol. The summed E-state index contributed by atoms with van der Waals surface area (Å²) in [6.45, 7) is 1.53. The number of nitrogens with one attached hydrogen (secondary N) is 2. The minimum absolute atomic E-state index is 0.0209. The summed E-state index contributed by atoms with van der Waals surface area (Å²) < 4.78 is 4.86. The Balaban J connectivity index is 2.50. The quantitative estimate of drug-likeness (QED) is 0.629. The third-order valence-corrected chi connectivity index (χ3v) is 1.97. The van der Waals surface area contributed by atoms with E-state index in [4.69, 9.17) is 9.84 Å². The summed E-state index contributed by atoms with van der Waals surface area (Å²) >= 11 is 0. The van der Waals surface area contributed by atoms with Crippen LogP contribution < -0.4 is 15.4 Å². The SMILES string of the molecule is COc1ccc(NC(=O)C(=O)NC[C@@H](C)O)cn1. The number of hydrogen-bond acceptors (Lipinski definition) is 5. The molecule has 1 heterocycles. The third kappa shape index (κ3) is 4.38. The zero-order valence-corrected chi connectivity index (χ0v) is 10.1. The Bertz CT molecular complexity index is 417.